The summed E-state index contributed by atoms with van der Waals surface area (Å²) in [5.74, 6) is 1.90. The lowest BCUT2D eigenvalue weighted by Gasteiger charge is -2.22. The van der Waals surface area contributed by atoms with Gasteiger partial charge < -0.3 is 14.2 Å². The zero-order chi connectivity index (χ0) is 21.9. The third kappa shape index (κ3) is 4.11. The van der Waals surface area contributed by atoms with Crippen LogP contribution in [0.4, 0.5) is 5.13 Å². The van der Waals surface area contributed by atoms with Crippen molar-refractivity contribution in [3.63, 3.8) is 0 Å². The van der Waals surface area contributed by atoms with Gasteiger partial charge in [-0.15, -0.1) is 0 Å². The van der Waals surface area contributed by atoms with Gasteiger partial charge in [-0.2, -0.15) is 0 Å². The summed E-state index contributed by atoms with van der Waals surface area (Å²) >= 11 is 1.47. The summed E-state index contributed by atoms with van der Waals surface area (Å²) in [5.41, 5.74) is 2.38. The second-order valence-corrected chi connectivity index (χ2v) is 8.30. The van der Waals surface area contributed by atoms with Crippen molar-refractivity contribution >= 4 is 32.6 Å². The van der Waals surface area contributed by atoms with Gasteiger partial charge in [0.05, 0.1) is 23.4 Å². The number of thiazole rings is 1. The SMILES string of the molecule is CCOc1ccc2nc(N(Cc3ccccc3)C(=O)c3ccc4c(c3)OCCO4)sc2c1. The Hall–Kier alpha value is -3.58. The van der Waals surface area contributed by atoms with Crippen molar-refractivity contribution < 1.29 is 19.0 Å². The number of hydrogen-bond acceptors (Lipinski definition) is 6. The van der Waals surface area contributed by atoms with Gasteiger partial charge in [0.1, 0.15) is 19.0 Å². The van der Waals surface area contributed by atoms with Crippen LogP contribution in [0.15, 0.2) is 66.7 Å². The minimum atomic E-state index is -0.144. The van der Waals surface area contributed by atoms with Crippen LogP contribution in [0.2, 0.25) is 0 Å². The predicted octanol–water partition coefficient (Wildman–Crippen LogP) is 5.31. The summed E-state index contributed by atoms with van der Waals surface area (Å²) in [5, 5.41) is 0.636. The summed E-state index contributed by atoms with van der Waals surface area (Å²) in [4.78, 5) is 20.1. The Labute approximate surface area is 190 Å². The standard InChI is InChI=1S/C25H22N2O4S/c1-2-29-19-9-10-20-23(15-19)32-25(26-20)27(16-17-6-4-3-5-7-17)24(28)18-8-11-21-22(14-18)31-13-12-30-21/h3-11,14-15H,2,12-13,16H2,1H3. The van der Waals surface area contributed by atoms with E-state index in [1.807, 2.05) is 55.5 Å². The van der Waals surface area contributed by atoms with E-state index in [0.29, 0.717) is 48.6 Å². The Balaban J connectivity index is 1.53. The number of benzene rings is 3. The number of rotatable bonds is 6. The second kappa shape index (κ2) is 8.88. The smallest absolute Gasteiger partial charge is 0.260 e. The van der Waals surface area contributed by atoms with Crippen LogP contribution in [-0.4, -0.2) is 30.7 Å². The van der Waals surface area contributed by atoms with E-state index >= 15 is 0 Å². The zero-order valence-corrected chi connectivity index (χ0v) is 18.4. The lowest BCUT2D eigenvalue weighted by atomic mass is 10.1. The van der Waals surface area contributed by atoms with Gasteiger partial charge in [-0.05, 0) is 48.9 Å². The zero-order valence-electron chi connectivity index (χ0n) is 17.6. The van der Waals surface area contributed by atoms with Gasteiger partial charge in [0.15, 0.2) is 16.6 Å². The van der Waals surface area contributed by atoms with Crippen LogP contribution in [0.1, 0.15) is 22.8 Å². The average molecular weight is 447 g/mol. The molecule has 0 saturated heterocycles. The molecule has 7 heteroatoms. The van der Waals surface area contributed by atoms with E-state index in [4.69, 9.17) is 19.2 Å². The molecule has 1 amide bonds. The van der Waals surface area contributed by atoms with Crippen molar-refractivity contribution in [1.82, 2.24) is 4.98 Å². The lowest BCUT2D eigenvalue weighted by Crippen LogP contribution is -2.30. The summed E-state index contributed by atoms with van der Waals surface area (Å²) in [6.45, 7) is 3.94. The molecule has 0 radical (unpaired) electrons. The average Bonchev–Trinajstić information content (AvgIpc) is 3.26. The Morgan fingerprint density at radius 3 is 2.66 bits per heavy atom. The molecule has 0 fully saturated rings. The van der Waals surface area contributed by atoms with E-state index in [1.54, 1.807) is 23.1 Å². The first-order valence-electron chi connectivity index (χ1n) is 10.5. The van der Waals surface area contributed by atoms with Gasteiger partial charge in [-0.3, -0.25) is 9.69 Å². The third-order valence-electron chi connectivity index (χ3n) is 5.11. The maximum Gasteiger partial charge on any atom is 0.260 e. The van der Waals surface area contributed by atoms with Crippen LogP contribution in [-0.2, 0) is 6.54 Å². The van der Waals surface area contributed by atoms with Crippen LogP contribution >= 0.6 is 11.3 Å². The highest BCUT2D eigenvalue weighted by Gasteiger charge is 2.24. The largest absolute Gasteiger partial charge is 0.494 e. The van der Waals surface area contributed by atoms with Crippen molar-refractivity contribution in [2.75, 3.05) is 24.7 Å². The number of nitrogens with zero attached hydrogens (tertiary/aromatic N) is 2. The van der Waals surface area contributed by atoms with Crippen LogP contribution in [0.3, 0.4) is 0 Å². The molecule has 0 N–H and O–H groups in total. The van der Waals surface area contributed by atoms with Crippen molar-refractivity contribution in [2.45, 2.75) is 13.5 Å². The minimum absolute atomic E-state index is 0.144. The molecule has 0 atom stereocenters. The van der Waals surface area contributed by atoms with E-state index < -0.39 is 0 Å². The summed E-state index contributed by atoms with van der Waals surface area (Å²) in [6.07, 6.45) is 0. The lowest BCUT2D eigenvalue weighted by molar-refractivity contribution is 0.0984. The molecule has 1 aliphatic rings. The van der Waals surface area contributed by atoms with Crippen LogP contribution in [0.5, 0.6) is 17.2 Å². The fourth-order valence-electron chi connectivity index (χ4n) is 3.59. The summed E-state index contributed by atoms with van der Waals surface area (Å²) in [6, 6.07) is 21.0. The molecule has 5 rings (SSSR count). The van der Waals surface area contributed by atoms with E-state index in [9.17, 15) is 4.79 Å². The second-order valence-electron chi connectivity index (χ2n) is 7.29. The molecule has 162 valence electrons. The molecule has 0 bridgehead atoms. The van der Waals surface area contributed by atoms with Crippen molar-refractivity contribution in [2.24, 2.45) is 0 Å². The minimum Gasteiger partial charge on any atom is -0.494 e. The van der Waals surface area contributed by atoms with Crippen LogP contribution < -0.4 is 19.1 Å². The summed E-state index contributed by atoms with van der Waals surface area (Å²) < 4.78 is 17.9. The molecule has 0 aliphatic carbocycles. The molecule has 2 heterocycles. The van der Waals surface area contributed by atoms with Gasteiger partial charge in [0, 0.05) is 5.56 Å². The molecule has 6 nitrogen and oxygen atoms in total. The predicted molar refractivity (Wildman–Crippen MR) is 125 cm³/mol. The molecule has 0 unspecified atom stereocenters. The number of carbonyl (C=O) groups excluding carboxylic acids is 1. The van der Waals surface area contributed by atoms with Crippen molar-refractivity contribution in [1.29, 1.82) is 0 Å². The molecule has 1 aromatic heterocycles. The quantitative estimate of drug-likeness (QED) is 0.402. The van der Waals surface area contributed by atoms with Gasteiger partial charge in [-0.1, -0.05) is 41.7 Å². The van der Waals surface area contributed by atoms with E-state index in [2.05, 4.69) is 0 Å². The Bertz CT molecular complexity index is 1260. The highest BCUT2D eigenvalue weighted by molar-refractivity contribution is 7.22. The molecule has 4 aromatic rings. The van der Waals surface area contributed by atoms with Crippen LogP contribution in [0, 0.1) is 0 Å². The molecular formula is C25H22N2O4S. The Morgan fingerprint density at radius 1 is 1.03 bits per heavy atom. The molecule has 0 saturated carbocycles. The highest BCUT2D eigenvalue weighted by atomic mass is 32.1. The Kier molecular flexibility index (Phi) is 5.64. The number of hydrogen-bond donors (Lipinski definition) is 0. The monoisotopic (exact) mass is 446 g/mol. The van der Waals surface area contributed by atoms with Crippen molar-refractivity contribution in [3.05, 3.63) is 77.9 Å². The molecule has 0 spiro atoms. The first-order valence-corrected chi connectivity index (χ1v) is 11.3. The summed E-state index contributed by atoms with van der Waals surface area (Å²) in [7, 11) is 0. The van der Waals surface area contributed by atoms with Crippen molar-refractivity contribution in [3.8, 4) is 17.2 Å². The first-order chi connectivity index (χ1) is 15.7. The Morgan fingerprint density at radius 2 is 1.84 bits per heavy atom. The van der Waals surface area contributed by atoms with Gasteiger partial charge in [-0.25, -0.2) is 4.98 Å². The normalized spacial score (nSPS) is 12.5. The number of carbonyl (C=O) groups is 1. The fourth-order valence-corrected chi connectivity index (χ4v) is 4.58. The van der Waals surface area contributed by atoms with Crippen LogP contribution in [0.25, 0.3) is 10.2 Å². The maximum absolute atomic E-state index is 13.7. The van der Waals surface area contributed by atoms with E-state index in [1.165, 1.54) is 11.3 Å². The van der Waals surface area contributed by atoms with Gasteiger partial charge in [0.25, 0.3) is 5.91 Å². The number of aromatic nitrogens is 1. The topological polar surface area (TPSA) is 60.9 Å². The molecular weight excluding hydrogens is 424 g/mol. The highest BCUT2D eigenvalue weighted by Crippen LogP contribution is 2.35. The van der Waals surface area contributed by atoms with E-state index in [-0.39, 0.29) is 5.91 Å². The maximum atomic E-state index is 13.7. The fraction of sp³-hybridized carbons (Fsp3) is 0.200. The molecule has 32 heavy (non-hydrogen) atoms. The first kappa shape index (κ1) is 20.3. The number of amides is 1. The van der Waals surface area contributed by atoms with Gasteiger partial charge in [0.2, 0.25) is 0 Å². The molecule has 1 aliphatic heterocycles. The number of anilines is 1. The number of ether oxygens (including phenoxy) is 3. The van der Waals surface area contributed by atoms with E-state index in [0.717, 1.165) is 21.5 Å². The van der Waals surface area contributed by atoms with Gasteiger partial charge >= 0.3 is 0 Å². The third-order valence-corrected chi connectivity index (χ3v) is 6.15. The molecule has 3 aromatic carbocycles. The number of fused-ring (bicyclic) bond motifs is 2.